The van der Waals surface area contributed by atoms with Gasteiger partial charge in [-0.15, -0.1) is 11.3 Å². The molecular formula is C30H21ClN2O4S. The van der Waals surface area contributed by atoms with E-state index in [9.17, 15) is 9.59 Å². The Labute approximate surface area is 228 Å². The van der Waals surface area contributed by atoms with E-state index in [1.165, 1.54) is 17.6 Å². The Bertz CT molecular complexity index is 1610. The molecule has 0 bridgehead atoms. The summed E-state index contributed by atoms with van der Waals surface area (Å²) in [6.45, 7) is 0.348. The van der Waals surface area contributed by atoms with Crippen LogP contribution in [0.2, 0.25) is 5.02 Å². The van der Waals surface area contributed by atoms with E-state index in [-0.39, 0.29) is 0 Å². The van der Waals surface area contributed by atoms with Gasteiger partial charge in [-0.05, 0) is 53.6 Å². The van der Waals surface area contributed by atoms with Crippen LogP contribution in [0, 0.1) is 0 Å². The monoisotopic (exact) mass is 540 g/mol. The molecule has 0 fully saturated rings. The zero-order chi connectivity index (χ0) is 26.3. The lowest BCUT2D eigenvalue weighted by atomic mass is 10.2. The van der Waals surface area contributed by atoms with Crippen molar-refractivity contribution in [3.8, 4) is 11.5 Å². The minimum Gasteiger partial charge on any atom is -0.488 e. The van der Waals surface area contributed by atoms with E-state index < -0.39 is 11.9 Å². The van der Waals surface area contributed by atoms with Gasteiger partial charge in [-0.2, -0.15) is 5.10 Å². The Morgan fingerprint density at radius 1 is 0.868 bits per heavy atom. The lowest BCUT2D eigenvalue weighted by Crippen LogP contribution is -2.18. The van der Waals surface area contributed by atoms with Gasteiger partial charge in [-0.25, -0.2) is 10.2 Å². The predicted octanol–water partition coefficient (Wildman–Crippen LogP) is 7.12. The van der Waals surface area contributed by atoms with Crippen molar-refractivity contribution in [2.75, 3.05) is 0 Å². The molecule has 4 aromatic carbocycles. The van der Waals surface area contributed by atoms with Crippen LogP contribution in [-0.4, -0.2) is 18.1 Å². The Morgan fingerprint density at radius 3 is 2.37 bits per heavy atom. The van der Waals surface area contributed by atoms with Crippen LogP contribution in [0.15, 0.2) is 108 Å². The summed E-state index contributed by atoms with van der Waals surface area (Å²) < 4.78 is 12.3. The molecule has 0 aliphatic rings. The molecule has 188 valence electrons. The van der Waals surface area contributed by atoms with Crippen LogP contribution in [0.3, 0.4) is 0 Å². The van der Waals surface area contributed by atoms with Crippen molar-refractivity contribution in [3.63, 3.8) is 0 Å². The number of ether oxygens (including phenoxy) is 2. The Hall–Kier alpha value is -4.46. The van der Waals surface area contributed by atoms with Crippen LogP contribution in [0.5, 0.6) is 11.5 Å². The van der Waals surface area contributed by atoms with Crippen molar-refractivity contribution in [2.24, 2.45) is 5.10 Å². The Morgan fingerprint density at radius 2 is 1.58 bits per heavy atom. The van der Waals surface area contributed by atoms with Crippen LogP contribution in [0.25, 0.3) is 10.1 Å². The zero-order valence-corrected chi connectivity index (χ0v) is 21.5. The summed E-state index contributed by atoms with van der Waals surface area (Å²) in [5.41, 5.74) is 4.61. The van der Waals surface area contributed by atoms with Crippen molar-refractivity contribution in [2.45, 2.75) is 6.61 Å². The summed E-state index contributed by atoms with van der Waals surface area (Å²) >= 11 is 7.67. The summed E-state index contributed by atoms with van der Waals surface area (Å²) in [6.07, 6.45) is 1.50. The third-order valence-corrected chi connectivity index (χ3v) is 7.21. The lowest BCUT2D eigenvalue weighted by Gasteiger charge is -2.10. The molecule has 0 atom stereocenters. The number of para-hydroxylation sites is 1. The molecule has 1 N–H and O–H groups in total. The van der Waals surface area contributed by atoms with Crippen LogP contribution in [-0.2, 0) is 6.61 Å². The first-order valence-corrected chi connectivity index (χ1v) is 12.9. The highest BCUT2D eigenvalue weighted by Gasteiger charge is 2.19. The molecule has 5 rings (SSSR count). The van der Waals surface area contributed by atoms with Crippen LogP contribution >= 0.6 is 22.9 Å². The molecule has 38 heavy (non-hydrogen) atoms. The number of amides is 1. The van der Waals surface area contributed by atoms with Crippen LogP contribution < -0.4 is 14.9 Å². The second-order valence-corrected chi connectivity index (χ2v) is 9.60. The SMILES string of the molecule is O=C(N/N=C/c1ccc(OC(=O)c2sc3ccccc3c2Cl)cc1)c1ccccc1OCc1ccccc1. The van der Waals surface area contributed by atoms with Crippen LogP contribution in [0.1, 0.15) is 31.2 Å². The number of hydrogen-bond donors (Lipinski definition) is 1. The normalized spacial score (nSPS) is 11.0. The largest absolute Gasteiger partial charge is 0.488 e. The Balaban J connectivity index is 1.18. The van der Waals surface area contributed by atoms with E-state index in [2.05, 4.69) is 10.5 Å². The number of carbonyl (C=O) groups is 2. The van der Waals surface area contributed by atoms with E-state index >= 15 is 0 Å². The van der Waals surface area contributed by atoms with Gasteiger partial charge in [0, 0.05) is 10.1 Å². The molecule has 0 unspecified atom stereocenters. The highest BCUT2D eigenvalue weighted by molar-refractivity contribution is 7.21. The molecule has 0 radical (unpaired) electrons. The van der Waals surface area contributed by atoms with Crippen molar-refractivity contribution in [3.05, 3.63) is 130 Å². The van der Waals surface area contributed by atoms with E-state index in [0.717, 1.165) is 15.6 Å². The van der Waals surface area contributed by atoms with E-state index in [1.807, 2.05) is 60.7 Å². The maximum Gasteiger partial charge on any atom is 0.355 e. The summed E-state index contributed by atoms with van der Waals surface area (Å²) in [5, 5.41) is 5.26. The number of thiophene rings is 1. The number of fused-ring (bicyclic) bond motifs is 1. The summed E-state index contributed by atoms with van der Waals surface area (Å²) in [5.74, 6) is -0.0723. The standard InChI is InChI=1S/C30H21ClN2O4S/c31-27-24-11-5-7-13-26(24)38-28(27)30(35)37-22-16-14-20(15-17-22)18-32-33-29(34)23-10-4-6-12-25(23)36-19-21-8-2-1-3-9-21/h1-18H,19H2,(H,33,34)/b32-18+. The fourth-order valence-electron chi connectivity index (χ4n) is 3.66. The molecule has 5 aromatic rings. The number of esters is 1. The molecule has 8 heteroatoms. The van der Waals surface area contributed by atoms with Gasteiger partial charge in [-0.3, -0.25) is 4.79 Å². The summed E-state index contributed by atoms with van der Waals surface area (Å²) in [4.78, 5) is 25.7. The smallest absolute Gasteiger partial charge is 0.355 e. The first kappa shape index (κ1) is 25.2. The highest BCUT2D eigenvalue weighted by Crippen LogP contribution is 2.35. The fourth-order valence-corrected chi connectivity index (χ4v) is 5.05. The van der Waals surface area contributed by atoms with Gasteiger partial charge < -0.3 is 9.47 Å². The average Bonchev–Trinajstić information content (AvgIpc) is 3.30. The topological polar surface area (TPSA) is 77.0 Å². The first-order chi connectivity index (χ1) is 18.6. The number of hydrazone groups is 1. The number of nitrogens with one attached hydrogen (secondary N) is 1. The summed E-state index contributed by atoms with van der Waals surface area (Å²) in [6, 6.07) is 31.0. The first-order valence-electron chi connectivity index (χ1n) is 11.7. The van der Waals surface area contributed by atoms with Gasteiger partial charge in [0.15, 0.2) is 0 Å². The van der Waals surface area contributed by atoms with Crippen molar-refractivity contribution < 1.29 is 19.1 Å². The van der Waals surface area contributed by atoms with Crippen LogP contribution in [0.4, 0.5) is 0 Å². The average molecular weight is 541 g/mol. The maximum absolute atomic E-state index is 12.7. The zero-order valence-electron chi connectivity index (χ0n) is 20.0. The van der Waals surface area contributed by atoms with E-state index in [1.54, 1.807) is 42.5 Å². The van der Waals surface area contributed by atoms with E-state index in [0.29, 0.717) is 39.1 Å². The molecule has 0 aliphatic carbocycles. The quantitative estimate of drug-likeness (QED) is 0.0984. The molecule has 0 aliphatic heterocycles. The van der Waals surface area contributed by atoms with Crippen molar-refractivity contribution in [1.29, 1.82) is 0 Å². The molecule has 1 heterocycles. The second kappa shape index (κ2) is 11.7. The second-order valence-electron chi connectivity index (χ2n) is 8.17. The number of carbonyl (C=O) groups excluding carboxylic acids is 2. The maximum atomic E-state index is 12.7. The van der Waals surface area contributed by atoms with Gasteiger partial charge in [0.2, 0.25) is 0 Å². The number of benzene rings is 4. The number of hydrogen-bond acceptors (Lipinski definition) is 6. The number of halogens is 1. The molecule has 1 aromatic heterocycles. The molecule has 1 amide bonds. The summed E-state index contributed by atoms with van der Waals surface area (Å²) in [7, 11) is 0. The van der Waals surface area contributed by atoms with Gasteiger partial charge in [0.1, 0.15) is 23.0 Å². The molecule has 0 spiro atoms. The van der Waals surface area contributed by atoms with Gasteiger partial charge in [-0.1, -0.05) is 72.3 Å². The van der Waals surface area contributed by atoms with Gasteiger partial charge in [0.25, 0.3) is 5.91 Å². The fraction of sp³-hybridized carbons (Fsp3) is 0.0333. The third-order valence-electron chi connectivity index (χ3n) is 5.56. The Kier molecular flexibility index (Phi) is 7.78. The molecular weight excluding hydrogens is 520 g/mol. The predicted molar refractivity (Wildman–Crippen MR) is 151 cm³/mol. The number of nitrogens with zero attached hydrogens (tertiary/aromatic N) is 1. The van der Waals surface area contributed by atoms with Crippen molar-refractivity contribution in [1.82, 2.24) is 5.43 Å². The lowest BCUT2D eigenvalue weighted by molar-refractivity contribution is 0.0739. The van der Waals surface area contributed by atoms with Gasteiger partial charge in [0.05, 0.1) is 16.8 Å². The van der Waals surface area contributed by atoms with Crippen molar-refractivity contribution >= 4 is 51.1 Å². The molecule has 0 saturated carbocycles. The third kappa shape index (κ3) is 5.91. The molecule has 0 saturated heterocycles. The minimum atomic E-state index is -0.516. The number of rotatable bonds is 8. The van der Waals surface area contributed by atoms with Gasteiger partial charge >= 0.3 is 5.97 Å². The highest BCUT2D eigenvalue weighted by atomic mass is 35.5. The van der Waals surface area contributed by atoms with E-state index in [4.69, 9.17) is 21.1 Å². The molecule has 6 nitrogen and oxygen atoms in total. The minimum absolute atomic E-state index is 0.348.